The second-order valence-corrected chi connectivity index (χ2v) is 5.01. The van der Waals surface area contributed by atoms with Crippen LogP contribution in [-0.4, -0.2) is 18.4 Å². The number of fused-ring (bicyclic) bond motifs is 1. The summed E-state index contributed by atoms with van der Waals surface area (Å²) in [6.45, 7) is 0.149. The van der Waals surface area contributed by atoms with Crippen LogP contribution in [-0.2, 0) is 4.79 Å². The lowest BCUT2D eigenvalue weighted by atomic mass is 10.2. The zero-order valence-electron chi connectivity index (χ0n) is 9.90. The van der Waals surface area contributed by atoms with E-state index in [0.29, 0.717) is 10.3 Å². The van der Waals surface area contributed by atoms with Gasteiger partial charge >= 0.3 is 0 Å². The molecule has 0 saturated carbocycles. The Morgan fingerprint density at radius 1 is 1.37 bits per heavy atom. The van der Waals surface area contributed by atoms with Crippen LogP contribution in [0.15, 0.2) is 18.2 Å². The maximum atomic E-state index is 13.1. The number of primary amides is 1. The highest BCUT2D eigenvalue weighted by Crippen LogP contribution is 2.33. The van der Waals surface area contributed by atoms with Crippen molar-refractivity contribution in [1.29, 1.82) is 0 Å². The van der Waals surface area contributed by atoms with Gasteiger partial charge in [0.15, 0.2) is 0 Å². The number of thiophene rings is 1. The minimum Gasteiger partial charge on any atom is -0.397 e. The van der Waals surface area contributed by atoms with Gasteiger partial charge in [-0.3, -0.25) is 9.59 Å². The largest absolute Gasteiger partial charge is 0.397 e. The van der Waals surface area contributed by atoms with Crippen LogP contribution in [0.3, 0.4) is 0 Å². The molecule has 0 unspecified atom stereocenters. The summed E-state index contributed by atoms with van der Waals surface area (Å²) in [5, 5.41) is 3.06. The maximum Gasteiger partial charge on any atom is 0.263 e. The number of rotatable bonds is 4. The van der Waals surface area contributed by atoms with Gasteiger partial charge in [0.25, 0.3) is 5.91 Å². The third kappa shape index (κ3) is 2.82. The second-order valence-electron chi connectivity index (χ2n) is 3.96. The summed E-state index contributed by atoms with van der Waals surface area (Å²) in [5.41, 5.74) is 11.0. The van der Waals surface area contributed by atoms with Crippen LogP contribution in [0.4, 0.5) is 10.1 Å². The molecular weight excluding hydrogens is 269 g/mol. The van der Waals surface area contributed by atoms with E-state index < -0.39 is 11.7 Å². The summed E-state index contributed by atoms with van der Waals surface area (Å²) in [6, 6.07) is 4.18. The van der Waals surface area contributed by atoms with E-state index >= 15 is 0 Å². The zero-order chi connectivity index (χ0) is 14.0. The predicted octanol–water partition coefficient (Wildman–Crippen LogP) is 1.23. The Hall–Kier alpha value is -2.15. The molecule has 0 atom stereocenters. The lowest BCUT2D eigenvalue weighted by molar-refractivity contribution is -0.117. The first-order valence-electron chi connectivity index (χ1n) is 5.53. The van der Waals surface area contributed by atoms with E-state index in [1.165, 1.54) is 23.5 Å². The lowest BCUT2D eigenvalue weighted by Crippen LogP contribution is -2.27. The molecule has 5 nitrogen and oxygen atoms in total. The number of hydrogen-bond acceptors (Lipinski definition) is 4. The Morgan fingerprint density at radius 2 is 2.11 bits per heavy atom. The minimum absolute atomic E-state index is 0.0607. The normalized spacial score (nSPS) is 10.6. The molecule has 1 heterocycles. The van der Waals surface area contributed by atoms with Crippen LogP contribution in [0.2, 0.25) is 0 Å². The van der Waals surface area contributed by atoms with Crippen LogP contribution in [0, 0.1) is 5.82 Å². The average Bonchev–Trinajstić information content (AvgIpc) is 2.66. The number of nitrogen functional groups attached to an aromatic ring is 1. The fourth-order valence-electron chi connectivity index (χ4n) is 1.64. The SMILES string of the molecule is NC(=O)CCNC(=O)c1sc2ccc(F)cc2c1N. The molecule has 7 heteroatoms. The van der Waals surface area contributed by atoms with Crippen LogP contribution >= 0.6 is 11.3 Å². The summed E-state index contributed by atoms with van der Waals surface area (Å²) in [5.74, 6) is -1.29. The number of anilines is 1. The number of nitrogens with one attached hydrogen (secondary N) is 1. The molecule has 0 saturated heterocycles. The molecule has 0 spiro atoms. The van der Waals surface area contributed by atoms with Gasteiger partial charge in [-0.1, -0.05) is 0 Å². The van der Waals surface area contributed by atoms with Crippen molar-refractivity contribution in [2.45, 2.75) is 6.42 Å². The summed E-state index contributed by atoms with van der Waals surface area (Å²) >= 11 is 1.18. The number of nitrogens with two attached hydrogens (primary N) is 2. The second kappa shape index (κ2) is 5.23. The molecule has 0 aliphatic rings. The van der Waals surface area contributed by atoms with Crippen molar-refractivity contribution in [2.24, 2.45) is 5.73 Å². The molecule has 0 bridgehead atoms. The Labute approximate surface area is 112 Å². The molecule has 2 amide bonds. The van der Waals surface area contributed by atoms with E-state index in [-0.39, 0.29) is 24.6 Å². The summed E-state index contributed by atoms with van der Waals surface area (Å²) < 4.78 is 13.9. The lowest BCUT2D eigenvalue weighted by Gasteiger charge is -2.02. The van der Waals surface area contributed by atoms with Crippen molar-refractivity contribution in [3.05, 3.63) is 28.9 Å². The van der Waals surface area contributed by atoms with Gasteiger partial charge in [0.2, 0.25) is 5.91 Å². The standard InChI is InChI=1S/C12H12FN3O2S/c13-6-1-2-8-7(5-6)10(15)11(19-8)12(18)16-4-3-9(14)17/h1-2,5H,3-4,15H2,(H2,14,17)(H,16,18). The topological polar surface area (TPSA) is 98.2 Å². The minimum atomic E-state index is -0.494. The van der Waals surface area contributed by atoms with Crippen LogP contribution in [0.25, 0.3) is 10.1 Å². The van der Waals surface area contributed by atoms with Crippen molar-refractivity contribution in [3.63, 3.8) is 0 Å². The smallest absolute Gasteiger partial charge is 0.263 e. The number of benzene rings is 1. The molecule has 0 aliphatic carbocycles. The maximum absolute atomic E-state index is 13.1. The van der Waals surface area contributed by atoms with E-state index in [1.807, 2.05) is 0 Å². The molecule has 0 fully saturated rings. The van der Waals surface area contributed by atoms with E-state index in [1.54, 1.807) is 6.07 Å². The molecule has 2 rings (SSSR count). The van der Waals surface area contributed by atoms with Crippen LogP contribution in [0.5, 0.6) is 0 Å². The van der Waals surface area contributed by atoms with E-state index in [2.05, 4.69) is 5.32 Å². The fraction of sp³-hybridized carbons (Fsp3) is 0.167. The summed E-state index contributed by atoms with van der Waals surface area (Å²) in [4.78, 5) is 22.8. The van der Waals surface area contributed by atoms with Crippen molar-refractivity contribution in [3.8, 4) is 0 Å². The Kier molecular flexibility index (Phi) is 3.66. The molecule has 100 valence electrons. The van der Waals surface area contributed by atoms with Gasteiger partial charge in [-0.2, -0.15) is 0 Å². The number of amides is 2. The predicted molar refractivity (Wildman–Crippen MR) is 72.3 cm³/mol. The highest BCUT2D eigenvalue weighted by Gasteiger charge is 2.16. The fourth-order valence-corrected chi connectivity index (χ4v) is 2.66. The first kappa shape index (κ1) is 13.3. The van der Waals surface area contributed by atoms with E-state index in [0.717, 1.165) is 4.70 Å². The first-order chi connectivity index (χ1) is 8.99. The van der Waals surface area contributed by atoms with E-state index in [9.17, 15) is 14.0 Å². The van der Waals surface area contributed by atoms with Gasteiger partial charge in [0.1, 0.15) is 10.7 Å². The van der Waals surface area contributed by atoms with Gasteiger partial charge in [0.05, 0.1) is 5.69 Å². The molecule has 19 heavy (non-hydrogen) atoms. The van der Waals surface area contributed by atoms with Crippen molar-refractivity contribution in [2.75, 3.05) is 12.3 Å². The van der Waals surface area contributed by atoms with Gasteiger partial charge < -0.3 is 16.8 Å². The number of halogens is 1. The third-order valence-corrected chi connectivity index (χ3v) is 3.74. The van der Waals surface area contributed by atoms with Crippen molar-refractivity contribution in [1.82, 2.24) is 5.32 Å². The Balaban J connectivity index is 2.22. The number of hydrogen-bond donors (Lipinski definition) is 3. The third-order valence-electron chi connectivity index (χ3n) is 2.55. The zero-order valence-corrected chi connectivity index (χ0v) is 10.7. The van der Waals surface area contributed by atoms with Crippen LogP contribution < -0.4 is 16.8 Å². The van der Waals surface area contributed by atoms with Gasteiger partial charge in [-0.05, 0) is 18.2 Å². The molecular formula is C12H12FN3O2S. The number of carbonyl (C=O) groups excluding carboxylic acids is 2. The average molecular weight is 281 g/mol. The van der Waals surface area contributed by atoms with Crippen LogP contribution in [0.1, 0.15) is 16.1 Å². The quantitative estimate of drug-likeness (QED) is 0.786. The van der Waals surface area contributed by atoms with Crippen molar-refractivity contribution < 1.29 is 14.0 Å². The Bertz CT molecular complexity index is 654. The highest BCUT2D eigenvalue weighted by molar-refractivity contribution is 7.21. The first-order valence-corrected chi connectivity index (χ1v) is 6.34. The molecule has 1 aromatic heterocycles. The van der Waals surface area contributed by atoms with Crippen molar-refractivity contribution >= 4 is 38.9 Å². The molecule has 0 aliphatic heterocycles. The van der Waals surface area contributed by atoms with E-state index in [4.69, 9.17) is 11.5 Å². The molecule has 1 aromatic carbocycles. The van der Waals surface area contributed by atoms with Gasteiger partial charge in [0, 0.05) is 23.1 Å². The van der Waals surface area contributed by atoms with Gasteiger partial charge in [-0.25, -0.2) is 4.39 Å². The van der Waals surface area contributed by atoms with Gasteiger partial charge in [-0.15, -0.1) is 11.3 Å². The monoisotopic (exact) mass is 281 g/mol. The molecule has 5 N–H and O–H groups in total. The highest BCUT2D eigenvalue weighted by atomic mass is 32.1. The number of carbonyl (C=O) groups is 2. The Morgan fingerprint density at radius 3 is 2.79 bits per heavy atom. The summed E-state index contributed by atoms with van der Waals surface area (Å²) in [6.07, 6.45) is 0.0607. The molecule has 0 radical (unpaired) electrons. The summed E-state index contributed by atoms with van der Waals surface area (Å²) in [7, 11) is 0. The molecule has 2 aromatic rings.